The molecule has 0 amide bonds. The maximum absolute atomic E-state index is 4.41. The van der Waals surface area contributed by atoms with Crippen LogP contribution in [0.5, 0.6) is 0 Å². The summed E-state index contributed by atoms with van der Waals surface area (Å²) >= 11 is 3.68. The average molecular weight is 258 g/mol. The van der Waals surface area contributed by atoms with Crippen molar-refractivity contribution in [1.82, 2.24) is 9.55 Å². The molecular weight excluding hydrogens is 242 g/mol. The van der Waals surface area contributed by atoms with Gasteiger partial charge in [0.2, 0.25) is 5.95 Å². The average Bonchev–Trinajstić information content (AvgIpc) is 2.65. The highest BCUT2D eigenvalue weighted by atomic mass is 79.9. The summed E-state index contributed by atoms with van der Waals surface area (Å²) in [6, 6.07) is 0. The van der Waals surface area contributed by atoms with E-state index in [1.807, 2.05) is 12.4 Å². The Bertz CT molecular complexity index is 297. The lowest BCUT2D eigenvalue weighted by Crippen LogP contribution is -2.37. The van der Waals surface area contributed by atoms with Gasteiger partial charge in [0.05, 0.1) is 0 Å². The number of piperidine rings is 1. The summed E-state index contributed by atoms with van der Waals surface area (Å²) < 4.78 is 2.20. The number of aryl methyl sites for hydroxylation is 1. The van der Waals surface area contributed by atoms with Crippen molar-refractivity contribution < 1.29 is 0 Å². The molecule has 0 radical (unpaired) electrons. The number of aromatic nitrogens is 2. The maximum atomic E-state index is 4.41. The zero-order valence-corrected chi connectivity index (χ0v) is 10.1. The maximum Gasteiger partial charge on any atom is 0.205 e. The van der Waals surface area contributed by atoms with E-state index in [2.05, 4.69) is 37.3 Å². The molecular formula is C10H16BrN3. The van der Waals surface area contributed by atoms with E-state index in [9.17, 15) is 0 Å². The van der Waals surface area contributed by atoms with Crippen LogP contribution in [-0.2, 0) is 6.54 Å². The number of hydrogen-bond donors (Lipinski definition) is 0. The molecule has 1 fully saturated rings. The van der Waals surface area contributed by atoms with Crippen LogP contribution in [0.25, 0.3) is 0 Å². The van der Waals surface area contributed by atoms with Crippen LogP contribution in [0.2, 0.25) is 0 Å². The lowest BCUT2D eigenvalue weighted by Gasteiger charge is -2.31. The van der Waals surface area contributed by atoms with Crippen molar-refractivity contribution in [3.8, 4) is 0 Å². The monoisotopic (exact) mass is 257 g/mol. The zero-order chi connectivity index (χ0) is 9.97. The molecule has 3 nitrogen and oxygen atoms in total. The molecule has 0 aromatic carbocycles. The molecule has 1 aromatic heterocycles. The number of alkyl halides is 1. The number of imidazole rings is 1. The Balaban J connectivity index is 2.13. The predicted molar refractivity (Wildman–Crippen MR) is 62.1 cm³/mol. The first-order chi connectivity index (χ1) is 6.81. The van der Waals surface area contributed by atoms with E-state index in [4.69, 9.17) is 0 Å². The fraction of sp³-hybridized carbons (Fsp3) is 0.700. The Morgan fingerprint density at radius 2 is 2.50 bits per heavy atom. The molecule has 1 aliphatic rings. The highest BCUT2D eigenvalue weighted by Crippen LogP contribution is 2.21. The van der Waals surface area contributed by atoms with Crippen LogP contribution < -0.4 is 4.90 Å². The molecule has 0 N–H and O–H groups in total. The van der Waals surface area contributed by atoms with Gasteiger partial charge in [0, 0.05) is 36.9 Å². The second-order valence-electron chi connectivity index (χ2n) is 3.70. The van der Waals surface area contributed by atoms with E-state index in [0.717, 1.165) is 25.6 Å². The van der Waals surface area contributed by atoms with Gasteiger partial charge in [0.15, 0.2) is 0 Å². The minimum Gasteiger partial charge on any atom is -0.341 e. The van der Waals surface area contributed by atoms with Crippen molar-refractivity contribution >= 4 is 21.9 Å². The van der Waals surface area contributed by atoms with Crippen LogP contribution in [-0.4, -0.2) is 27.5 Å². The topological polar surface area (TPSA) is 21.1 Å². The minimum absolute atomic E-state index is 0.623. The molecule has 0 aliphatic carbocycles. The first kappa shape index (κ1) is 10.0. The fourth-order valence-corrected chi connectivity index (χ4v) is 2.61. The first-order valence-corrected chi connectivity index (χ1v) is 6.13. The lowest BCUT2D eigenvalue weighted by molar-refractivity contribution is 0.572. The van der Waals surface area contributed by atoms with E-state index < -0.39 is 0 Å². The zero-order valence-electron chi connectivity index (χ0n) is 8.49. The first-order valence-electron chi connectivity index (χ1n) is 5.21. The van der Waals surface area contributed by atoms with E-state index in [1.165, 1.54) is 12.8 Å². The van der Waals surface area contributed by atoms with E-state index in [0.29, 0.717) is 4.83 Å². The van der Waals surface area contributed by atoms with Crippen LogP contribution >= 0.6 is 15.9 Å². The molecule has 1 aliphatic heterocycles. The fourth-order valence-electron chi connectivity index (χ4n) is 1.94. The van der Waals surface area contributed by atoms with Gasteiger partial charge in [0.25, 0.3) is 0 Å². The van der Waals surface area contributed by atoms with E-state index >= 15 is 0 Å². The summed E-state index contributed by atoms with van der Waals surface area (Å²) in [4.78, 5) is 7.40. The summed E-state index contributed by atoms with van der Waals surface area (Å²) in [5.74, 6) is 1.12. The van der Waals surface area contributed by atoms with Crippen molar-refractivity contribution in [2.75, 3.05) is 18.0 Å². The summed E-state index contributed by atoms with van der Waals surface area (Å²) in [6.45, 7) is 5.37. The summed E-state index contributed by atoms with van der Waals surface area (Å²) in [5, 5.41) is 0. The normalized spacial score (nSPS) is 22.7. The number of hydrogen-bond acceptors (Lipinski definition) is 2. The Kier molecular flexibility index (Phi) is 3.11. The van der Waals surface area contributed by atoms with Crippen LogP contribution in [0.4, 0.5) is 5.95 Å². The Labute approximate surface area is 93.2 Å². The molecule has 0 spiro atoms. The summed E-state index contributed by atoms with van der Waals surface area (Å²) in [7, 11) is 0. The van der Waals surface area contributed by atoms with Crippen molar-refractivity contribution in [2.24, 2.45) is 0 Å². The SMILES string of the molecule is CCn1ccnc1N1CCCC(Br)C1. The van der Waals surface area contributed by atoms with Gasteiger partial charge in [-0.05, 0) is 19.8 Å². The third kappa shape index (κ3) is 1.95. The quantitative estimate of drug-likeness (QED) is 0.759. The Morgan fingerprint density at radius 3 is 3.21 bits per heavy atom. The molecule has 1 aromatic rings. The van der Waals surface area contributed by atoms with Crippen molar-refractivity contribution in [2.45, 2.75) is 31.1 Å². The van der Waals surface area contributed by atoms with Gasteiger partial charge in [0.1, 0.15) is 0 Å². The lowest BCUT2D eigenvalue weighted by atomic mass is 10.1. The van der Waals surface area contributed by atoms with Crippen LogP contribution in [0.1, 0.15) is 19.8 Å². The highest BCUT2D eigenvalue weighted by Gasteiger charge is 2.20. The second kappa shape index (κ2) is 4.34. The van der Waals surface area contributed by atoms with Gasteiger partial charge >= 0.3 is 0 Å². The molecule has 1 unspecified atom stereocenters. The van der Waals surface area contributed by atoms with Gasteiger partial charge in [-0.1, -0.05) is 15.9 Å². The summed E-state index contributed by atoms with van der Waals surface area (Å²) in [6.07, 6.45) is 6.47. The van der Waals surface area contributed by atoms with Gasteiger partial charge in [-0.25, -0.2) is 4.98 Å². The third-order valence-corrected chi connectivity index (χ3v) is 3.43. The van der Waals surface area contributed by atoms with Crippen LogP contribution in [0.15, 0.2) is 12.4 Å². The number of nitrogens with zero attached hydrogens (tertiary/aromatic N) is 3. The van der Waals surface area contributed by atoms with Crippen LogP contribution in [0.3, 0.4) is 0 Å². The van der Waals surface area contributed by atoms with Crippen molar-refractivity contribution in [1.29, 1.82) is 0 Å². The molecule has 2 rings (SSSR count). The number of anilines is 1. The number of rotatable bonds is 2. The summed E-state index contributed by atoms with van der Waals surface area (Å²) in [5.41, 5.74) is 0. The smallest absolute Gasteiger partial charge is 0.205 e. The van der Waals surface area contributed by atoms with Gasteiger partial charge in [-0.2, -0.15) is 0 Å². The molecule has 0 bridgehead atoms. The standard InChI is InChI=1S/C10H16BrN3/c1-2-13-7-5-12-10(13)14-6-3-4-9(11)8-14/h5,7,9H,2-4,6,8H2,1H3. The molecule has 1 atom stereocenters. The number of halogens is 1. The molecule has 2 heterocycles. The highest BCUT2D eigenvalue weighted by molar-refractivity contribution is 9.09. The molecule has 14 heavy (non-hydrogen) atoms. The van der Waals surface area contributed by atoms with E-state index in [-0.39, 0.29) is 0 Å². The minimum atomic E-state index is 0.623. The molecule has 78 valence electrons. The van der Waals surface area contributed by atoms with Gasteiger partial charge in [-0.15, -0.1) is 0 Å². The van der Waals surface area contributed by atoms with Crippen molar-refractivity contribution in [3.63, 3.8) is 0 Å². The van der Waals surface area contributed by atoms with Crippen LogP contribution in [0, 0.1) is 0 Å². The van der Waals surface area contributed by atoms with Gasteiger partial charge < -0.3 is 9.47 Å². The van der Waals surface area contributed by atoms with E-state index in [1.54, 1.807) is 0 Å². The Hall–Kier alpha value is -0.510. The second-order valence-corrected chi connectivity index (χ2v) is 4.99. The molecule has 1 saturated heterocycles. The molecule has 4 heteroatoms. The third-order valence-electron chi connectivity index (χ3n) is 2.68. The largest absolute Gasteiger partial charge is 0.341 e. The molecule has 0 saturated carbocycles. The predicted octanol–water partition coefficient (Wildman–Crippen LogP) is 2.27. The van der Waals surface area contributed by atoms with Crippen molar-refractivity contribution in [3.05, 3.63) is 12.4 Å². The Morgan fingerprint density at radius 1 is 1.64 bits per heavy atom. The van der Waals surface area contributed by atoms with Gasteiger partial charge in [-0.3, -0.25) is 0 Å².